The summed E-state index contributed by atoms with van der Waals surface area (Å²) in [5.41, 5.74) is -6.33. The summed E-state index contributed by atoms with van der Waals surface area (Å²) in [5, 5.41) is 0. The van der Waals surface area contributed by atoms with Crippen LogP contribution in [0.15, 0.2) is 47.2 Å². The van der Waals surface area contributed by atoms with Gasteiger partial charge in [-0.2, -0.15) is 21.6 Å². The fourth-order valence-electron chi connectivity index (χ4n) is 3.49. The highest BCUT2D eigenvalue weighted by atomic mass is 32.2. The quantitative estimate of drug-likeness (QED) is 0.250. The summed E-state index contributed by atoms with van der Waals surface area (Å²) < 4.78 is 121. The summed E-state index contributed by atoms with van der Waals surface area (Å²) in [5.74, 6) is -1.77. The minimum Gasteiger partial charge on any atom is -0.494 e. The summed E-state index contributed by atoms with van der Waals surface area (Å²) in [7, 11) is -10.2. The molecule has 0 spiro atoms. The number of methoxy groups -OCH3 is 1. The third kappa shape index (κ3) is 5.49. The highest BCUT2D eigenvalue weighted by Gasteiger charge is 2.51. The molecule has 2 aliphatic heterocycles. The Bertz CT molecular complexity index is 1540. The van der Waals surface area contributed by atoms with E-state index in [-0.39, 0.29) is 30.5 Å². The first kappa shape index (κ1) is 28.2. The summed E-state index contributed by atoms with van der Waals surface area (Å²) in [4.78, 5) is 11.4. The summed E-state index contributed by atoms with van der Waals surface area (Å²) in [6.45, 7) is 1.20. The van der Waals surface area contributed by atoms with Crippen LogP contribution in [0.5, 0.6) is 17.2 Å². The molecule has 4 rings (SSSR count). The fourth-order valence-corrected chi connectivity index (χ4v) is 5.56. The molecule has 0 unspecified atom stereocenters. The molecular formula is C22H20F3NO11S2. The Balaban J connectivity index is 1.94. The highest BCUT2D eigenvalue weighted by molar-refractivity contribution is 7.89. The van der Waals surface area contributed by atoms with Crippen molar-refractivity contribution in [1.29, 1.82) is 0 Å². The predicted octanol–water partition coefficient (Wildman–Crippen LogP) is 3.68. The van der Waals surface area contributed by atoms with E-state index < -0.39 is 60.5 Å². The van der Waals surface area contributed by atoms with E-state index in [9.17, 15) is 34.8 Å². The van der Waals surface area contributed by atoms with Crippen LogP contribution in [0.3, 0.4) is 0 Å². The first-order valence-electron chi connectivity index (χ1n) is 11.0. The molecule has 0 aliphatic carbocycles. The molecule has 0 saturated carbocycles. The number of nitrogens with zero attached hydrogens (tertiary/aromatic N) is 1. The van der Waals surface area contributed by atoms with E-state index in [4.69, 9.17) is 18.9 Å². The number of benzene rings is 2. The van der Waals surface area contributed by atoms with Gasteiger partial charge in [-0.15, -0.1) is 0 Å². The van der Waals surface area contributed by atoms with Gasteiger partial charge >= 0.3 is 21.8 Å². The second-order valence-electron chi connectivity index (χ2n) is 7.88. The molecule has 0 bridgehead atoms. The van der Waals surface area contributed by atoms with Crippen molar-refractivity contribution in [3.05, 3.63) is 53.4 Å². The van der Waals surface area contributed by atoms with Gasteiger partial charge in [0.1, 0.15) is 10.6 Å². The Labute approximate surface area is 220 Å². The maximum Gasteiger partial charge on any atom is 0.534 e. The molecule has 2 aromatic rings. The molecule has 17 heteroatoms. The van der Waals surface area contributed by atoms with Gasteiger partial charge < -0.3 is 27.9 Å². The van der Waals surface area contributed by atoms with E-state index in [2.05, 4.69) is 8.92 Å². The summed E-state index contributed by atoms with van der Waals surface area (Å²) in [6.07, 6.45) is -1.01. The zero-order valence-corrected chi connectivity index (χ0v) is 21.8. The third-order valence-electron chi connectivity index (χ3n) is 5.25. The van der Waals surface area contributed by atoms with E-state index in [1.54, 1.807) is 6.92 Å². The number of carbonyl (C=O) groups is 1. The summed E-state index contributed by atoms with van der Waals surface area (Å²) >= 11 is 0. The minimum atomic E-state index is -6.36. The van der Waals surface area contributed by atoms with Gasteiger partial charge in [0.15, 0.2) is 11.5 Å². The van der Waals surface area contributed by atoms with Gasteiger partial charge in [0.2, 0.25) is 12.6 Å². The average molecular weight is 596 g/mol. The molecule has 2 aromatic carbocycles. The maximum atomic E-state index is 13.8. The lowest BCUT2D eigenvalue weighted by atomic mass is 10.1. The first-order chi connectivity index (χ1) is 18.3. The lowest BCUT2D eigenvalue weighted by molar-refractivity contribution is -0.0511. The van der Waals surface area contributed by atoms with Crippen LogP contribution in [0.4, 0.5) is 18.0 Å². The highest BCUT2D eigenvalue weighted by Crippen LogP contribution is 2.43. The Morgan fingerprint density at radius 3 is 2.49 bits per heavy atom. The Morgan fingerprint density at radius 1 is 1.10 bits per heavy atom. The molecule has 39 heavy (non-hydrogen) atoms. The SMILES string of the molecule is CCCOc1ccc2c(c1)S(=O)(=O)N(Cc1ccc3c(c1)OCO3)C(OC(=O)OC)=C2OS(=O)(=O)C(F)(F)F. The van der Waals surface area contributed by atoms with Crippen LogP contribution >= 0.6 is 0 Å². The zero-order valence-electron chi connectivity index (χ0n) is 20.2. The molecule has 2 heterocycles. The van der Waals surface area contributed by atoms with E-state index in [0.717, 1.165) is 19.2 Å². The van der Waals surface area contributed by atoms with Crippen LogP contribution in [0.1, 0.15) is 24.5 Å². The zero-order chi connectivity index (χ0) is 28.6. The Morgan fingerprint density at radius 2 is 1.82 bits per heavy atom. The number of sulfonamides is 1. The van der Waals surface area contributed by atoms with E-state index >= 15 is 0 Å². The topological polar surface area (TPSA) is 144 Å². The first-order valence-corrected chi connectivity index (χ1v) is 13.8. The third-order valence-corrected chi connectivity index (χ3v) is 7.97. The van der Waals surface area contributed by atoms with Gasteiger partial charge in [-0.1, -0.05) is 13.0 Å². The van der Waals surface area contributed by atoms with Crippen molar-refractivity contribution < 1.29 is 62.7 Å². The number of hydrogen-bond acceptors (Lipinski definition) is 11. The van der Waals surface area contributed by atoms with E-state index in [1.165, 1.54) is 24.3 Å². The largest absolute Gasteiger partial charge is 0.534 e. The second-order valence-corrected chi connectivity index (χ2v) is 11.2. The van der Waals surface area contributed by atoms with Gasteiger partial charge in [0.05, 0.1) is 20.3 Å². The fraction of sp³-hybridized carbons (Fsp3) is 0.318. The lowest BCUT2D eigenvalue weighted by Gasteiger charge is -2.32. The molecule has 0 N–H and O–H groups in total. The van der Waals surface area contributed by atoms with Crippen LogP contribution in [0.25, 0.3) is 5.76 Å². The van der Waals surface area contributed by atoms with Crippen LogP contribution in [0, 0.1) is 0 Å². The van der Waals surface area contributed by atoms with Crippen molar-refractivity contribution in [2.75, 3.05) is 20.5 Å². The van der Waals surface area contributed by atoms with Crippen molar-refractivity contribution in [2.24, 2.45) is 0 Å². The van der Waals surface area contributed by atoms with Gasteiger partial charge in [-0.05, 0) is 36.2 Å². The lowest BCUT2D eigenvalue weighted by Crippen LogP contribution is -2.38. The standard InChI is InChI=1S/C22H20F3NO11S2/c1-3-8-33-14-5-6-15-18(10-14)38(28,29)26(11-13-4-7-16-17(9-13)35-12-34-16)20(36-21(27)32-2)19(15)37-39(30,31)22(23,24)25/h4-7,9-10H,3,8,11-12H2,1-2H3. The van der Waals surface area contributed by atoms with Crippen molar-refractivity contribution in [3.8, 4) is 17.2 Å². The molecule has 0 amide bonds. The Hall–Kier alpha value is -3.86. The van der Waals surface area contributed by atoms with Gasteiger partial charge in [-0.3, -0.25) is 0 Å². The van der Waals surface area contributed by atoms with Crippen molar-refractivity contribution >= 4 is 32.1 Å². The molecule has 2 aliphatic rings. The van der Waals surface area contributed by atoms with Gasteiger partial charge in [0, 0.05) is 11.6 Å². The molecule has 212 valence electrons. The van der Waals surface area contributed by atoms with Crippen molar-refractivity contribution in [1.82, 2.24) is 4.31 Å². The molecule has 0 fully saturated rings. The number of hydrogen-bond donors (Lipinski definition) is 0. The number of alkyl halides is 3. The minimum absolute atomic E-state index is 0.0255. The second kappa shape index (κ2) is 10.4. The van der Waals surface area contributed by atoms with Crippen LogP contribution in [-0.2, 0) is 40.3 Å². The number of ether oxygens (including phenoxy) is 5. The van der Waals surface area contributed by atoms with E-state index in [1.807, 2.05) is 0 Å². The molecule has 0 radical (unpaired) electrons. The number of carbonyl (C=O) groups excluding carboxylic acids is 1. The van der Waals surface area contributed by atoms with Crippen molar-refractivity contribution in [2.45, 2.75) is 30.3 Å². The Kier molecular flexibility index (Phi) is 7.48. The molecule has 12 nitrogen and oxygen atoms in total. The molecule has 0 atom stereocenters. The van der Waals surface area contributed by atoms with Crippen LogP contribution in [0.2, 0.25) is 0 Å². The van der Waals surface area contributed by atoms with Crippen LogP contribution in [-0.4, -0.2) is 53.3 Å². The number of rotatable bonds is 8. The molecule has 0 saturated heterocycles. The number of fused-ring (bicyclic) bond motifs is 2. The monoisotopic (exact) mass is 595 g/mol. The average Bonchev–Trinajstić information content (AvgIpc) is 3.34. The predicted molar refractivity (Wildman–Crippen MR) is 124 cm³/mol. The normalized spacial score (nSPS) is 16.0. The maximum absolute atomic E-state index is 13.8. The molecule has 0 aromatic heterocycles. The number of halogens is 3. The smallest absolute Gasteiger partial charge is 0.494 e. The summed E-state index contributed by atoms with van der Waals surface area (Å²) in [6, 6.07) is 7.41. The van der Waals surface area contributed by atoms with Gasteiger partial charge in [0.25, 0.3) is 15.9 Å². The van der Waals surface area contributed by atoms with Crippen molar-refractivity contribution in [3.63, 3.8) is 0 Å². The molecular weight excluding hydrogens is 575 g/mol. The van der Waals surface area contributed by atoms with Crippen LogP contribution < -0.4 is 14.2 Å². The van der Waals surface area contributed by atoms with Gasteiger partial charge in [-0.25, -0.2) is 17.5 Å². The van der Waals surface area contributed by atoms with E-state index in [0.29, 0.717) is 16.5 Å².